The number of likely N-dealkylation sites (N-methyl/N-ethyl adjacent to an activating group) is 1. The fourth-order valence-corrected chi connectivity index (χ4v) is 3.98. The Morgan fingerprint density at radius 1 is 1.15 bits per heavy atom. The van der Waals surface area contributed by atoms with Crippen LogP contribution in [0.3, 0.4) is 0 Å². The fourth-order valence-electron chi connectivity index (χ4n) is 1.94. The molecule has 3 heterocycles. The van der Waals surface area contributed by atoms with Gasteiger partial charge in [0, 0.05) is 40.5 Å². The van der Waals surface area contributed by atoms with Crippen LogP contribution in [0.4, 0.5) is 0 Å². The lowest BCUT2D eigenvalue weighted by Gasteiger charge is -2.01. The highest BCUT2D eigenvalue weighted by Gasteiger charge is 2.07. The van der Waals surface area contributed by atoms with Crippen LogP contribution in [0, 0.1) is 0 Å². The Labute approximate surface area is 125 Å². The van der Waals surface area contributed by atoms with Crippen molar-refractivity contribution in [1.29, 1.82) is 0 Å². The van der Waals surface area contributed by atoms with E-state index >= 15 is 0 Å². The number of fused-ring (bicyclic) bond motifs is 1. The van der Waals surface area contributed by atoms with Gasteiger partial charge in [0.25, 0.3) is 0 Å². The number of rotatable bonds is 6. The average Bonchev–Trinajstić information content (AvgIpc) is 3.09. The molecule has 2 N–H and O–H groups in total. The Morgan fingerprint density at radius 3 is 2.95 bits per heavy atom. The molecule has 104 valence electrons. The summed E-state index contributed by atoms with van der Waals surface area (Å²) in [6.07, 6.45) is 3.48. The molecule has 0 atom stereocenters. The zero-order valence-electron chi connectivity index (χ0n) is 11.2. The van der Waals surface area contributed by atoms with Crippen molar-refractivity contribution >= 4 is 32.9 Å². The number of thiophene rings is 2. The predicted octanol–water partition coefficient (Wildman–Crippen LogP) is 2.73. The molecule has 3 aromatic heterocycles. The Balaban J connectivity index is 1.72. The smallest absolute Gasteiger partial charge is 0.116 e. The highest BCUT2D eigenvalue weighted by molar-refractivity contribution is 7.26. The SMILES string of the molecule is CNCCNCc1ccc(-c2cc3ncncc3s2)s1. The molecule has 0 aliphatic carbocycles. The second-order valence-corrected chi connectivity index (χ2v) is 6.68. The lowest BCUT2D eigenvalue weighted by molar-refractivity contribution is 0.655. The lowest BCUT2D eigenvalue weighted by atomic mass is 10.3. The van der Waals surface area contributed by atoms with E-state index < -0.39 is 0 Å². The van der Waals surface area contributed by atoms with Crippen LogP contribution in [0.5, 0.6) is 0 Å². The molecule has 0 unspecified atom stereocenters. The van der Waals surface area contributed by atoms with Gasteiger partial charge in [-0.05, 0) is 25.2 Å². The van der Waals surface area contributed by atoms with Gasteiger partial charge in [-0.3, -0.25) is 0 Å². The number of hydrogen-bond donors (Lipinski definition) is 2. The minimum absolute atomic E-state index is 0.928. The van der Waals surface area contributed by atoms with E-state index in [-0.39, 0.29) is 0 Å². The van der Waals surface area contributed by atoms with Crippen LogP contribution in [-0.2, 0) is 6.54 Å². The topological polar surface area (TPSA) is 49.8 Å². The molecule has 0 spiro atoms. The summed E-state index contributed by atoms with van der Waals surface area (Å²) in [5.41, 5.74) is 1.03. The third-order valence-corrected chi connectivity index (χ3v) is 5.29. The first-order chi connectivity index (χ1) is 9.86. The van der Waals surface area contributed by atoms with Gasteiger partial charge < -0.3 is 10.6 Å². The first-order valence-corrected chi connectivity index (χ1v) is 8.14. The first kappa shape index (κ1) is 13.6. The Hall–Kier alpha value is -1.34. The molecule has 3 rings (SSSR count). The van der Waals surface area contributed by atoms with Gasteiger partial charge in [0.05, 0.1) is 10.2 Å². The van der Waals surface area contributed by atoms with Crippen LogP contribution in [-0.4, -0.2) is 30.1 Å². The summed E-state index contributed by atoms with van der Waals surface area (Å²) in [7, 11) is 1.97. The van der Waals surface area contributed by atoms with Crippen LogP contribution in [0.15, 0.2) is 30.7 Å². The molecule has 0 bridgehead atoms. The maximum atomic E-state index is 4.29. The monoisotopic (exact) mass is 304 g/mol. The van der Waals surface area contributed by atoms with Crippen LogP contribution < -0.4 is 10.6 Å². The molecule has 0 aliphatic rings. The second-order valence-electron chi connectivity index (χ2n) is 4.43. The zero-order chi connectivity index (χ0) is 13.8. The van der Waals surface area contributed by atoms with Gasteiger partial charge in [0.15, 0.2) is 0 Å². The van der Waals surface area contributed by atoms with E-state index in [1.165, 1.54) is 14.6 Å². The van der Waals surface area contributed by atoms with Crippen molar-refractivity contribution in [3.63, 3.8) is 0 Å². The third kappa shape index (κ3) is 3.04. The summed E-state index contributed by atoms with van der Waals surface area (Å²) < 4.78 is 1.14. The van der Waals surface area contributed by atoms with E-state index in [2.05, 4.69) is 38.8 Å². The highest BCUT2D eigenvalue weighted by Crippen LogP contribution is 2.36. The molecular weight excluding hydrogens is 288 g/mol. The summed E-state index contributed by atoms with van der Waals surface area (Å²) in [5.74, 6) is 0. The van der Waals surface area contributed by atoms with Gasteiger partial charge in [0.1, 0.15) is 6.33 Å². The summed E-state index contributed by atoms with van der Waals surface area (Å²) in [6.45, 7) is 2.91. The van der Waals surface area contributed by atoms with Crippen LogP contribution in [0.25, 0.3) is 20.0 Å². The maximum Gasteiger partial charge on any atom is 0.116 e. The van der Waals surface area contributed by atoms with Crippen molar-refractivity contribution < 1.29 is 0 Å². The highest BCUT2D eigenvalue weighted by atomic mass is 32.1. The molecule has 0 radical (unpaired) electrons. The summed E-state index contributed by atoms with van der Waals surface area (Å²) in [6, 6.07) is 6.53. The van der Waals surface area contributed by atoms with Crippen LogP contribution >= 0.6 is 22.7 Å². The summed E-state index contributed by atoms with van der Waals surface area (Å²) in [5, 5.41) is 6.55. The van der Waals surface area contributed by atoms with Gasteiger partial charge in [-0.15, -0.1) is 22.7 Å². The van der Waals surface area contributed by atoms with Crippen molar-refractivity contribution in [3.05, 3.63) is 35.6 Å². The quantitative estimate of drug-likeness (QED) is 0.688. The Kier molecular flexibility index (Phi) is 4.37. The van der Waals surface area contributed by atoms with E-state index in [9.17, 15) is 0 Å². The van der Waals surface area contributed by atoms with Crippen LogP contribution in [0.1, 0.15) is 4.88 Å². The van der Waals surface area contributed by atoms with E-state index in [0.29, 0.717) is 0 Å². The van der Waals surface area contributed by atoms with Crippen molar-refractivity contribution in [2.45, 2.75) is 6.54 Å². The van der Waals surface area contributed by atoms with Gasteiger partial charge in [-0.25, -0.2) is 9.97 Å². The molecule has 3 aromatic rings. The van der Waals surface area contributed by atoms with Crippen molar-refractivity contribution in [3.8, 4) is 9.75 Å². The number of hydrogen-bond acceptors (Lipinski definition) is 6. The van der Waals surface area contributed by atoms with Crippen molar-refractivity contribution in [2.24, 2.45) is 0 Å². The molecular formula is C14H16N4S2. The first-order valence-electron chi connectivity index (χ1n) is 6.51. The summed E-state index contributed by atoms with van der Waals surface area (Å²) in [4.78, 5) is 12.3. The molecule has 4 nitrogen and oxygen atoms in total. The molecule has 0 amide bonds. The largest absolute Gasteiger partial charge is 0.318 e. The van der Waals surface area contributed by atoms with Crippen LogP contribution in [0.2, 0.25) is 0 Å². The predicted molar refractivity (Wildman–Crippen MR) is 86.4 cm³/mol. The zero-order valence-corrected chi connectivity index (χ0v) is 12.9. The molecule has 0 saturated carbocycles. The van der Waals surface area contributed by atoms with Crippen molar-refractivity contribution in [2.75, 3.05) is 20.1 Å². The average molecular weight is 304 g/mol. The van der Waals surface area contributed by atoms with Gasteiger partial charge in [-0.1, -0.05) is 0 Å². The summed E-state index contributed by atoms with van der Waals surface area (Å²) >= 11 is 3.59. The molecule has 0 aromatic carbocycles. The Bertz CT molecular complexity index is 656. The van der Waals surface area contributed by atoms with Gasteiger partial charge in [0.2, 0.25) is 0 Å². The second kappa shape index (κ2) is 6.41. The standard InChI is InChI=1S/C14H16N4S2/c1-15-4-5-16-7-10-2-3-12(19-10)13-6-11-14(20-13)8-17-9-18-11/h2-3,6,8-9,15-16H,4-5,7H2,1H3. The van der Waals surface area contributed by atoms with E-state index in [1.807, 2.05) is 24.6 Å². The molecule has 20 heavy (non-hydrogen) atoms. The minimum atomic E-state index is 0.928. The molecule has 0 aliphatic heterocycles. The molecule has 6 heteroatoms. The lowest BCUT2D eigenvalue weighted by Crippen LogP contribution is -2.24. The van der Waals surface area contributed by atoms with E-state index in [0.717, 1.165) is 29.9 Å². The van der Waals surface area contributed by atoms with Crippen molar-refractivity contribution in [1.82, 2.24) is 20.6 Å². The van der Waals surface area contributed by atoms with Gasteiger partial charge in [-0.2, -0.15) is 0 Å². The van der Waals surface area contributed by atoms with Gasteiger partial charge >= 0.3 is 0 Å². The third-order valence-electron chi connectivity index (χ3n) is 2.95. The number of nitrogens with one attached hydrogen (secondary N) is 2. The normalized spacial score (nSPS) is 11.2. The maximum absolute atomic E-state index is 4.29. The Morgan fingerprint density at radius 2 is 2.10 bits per heavy atom. The fraction of sp³-hybridized carbons (Fsp3) is 0.286. The minimum Gasteiger partial charge on any atom is -0.318 e. The molecule has 0 fully saturated rings. The molecule has 0 saturated heterocycles. The number of aromatic nitrogens is 2. The van der Waals surface area contributed by atoms with E-state index in [1.54, 1.807) is 17.7 Å². The van der Waals surface area contributed by atoms with E-state index in [4.69, 9.17) is 0 Å². The number of nitrogens with zero attached hydrogens (tertiary/aromatic N) is 2.